The minimum atomic E-state index is 0.711. The van der Waals surface area contributed by atoms with Crippen LogP contribution in [0.5, 0.6) is 0 Å². The predicted molar refractivity (Wildman–Crippen MR) is 115 cm³/mol. The molecule has 3 heterocycles. The van der Waals surface area contributed by atoms with Crippen LogP contribution in [-0.4, -0.2) is 55.4 Å². The van der Waals surface area contributed by atoms with Crippen LogP contribution in [0.15, 0.2) is 12.1 Å². The van der Waals surface area contributed by atoms with Crippen LogP contribution in [0.1, 0.15) is 69.8 Å². The van der Waals surface area contributed by atoms with Gasteiger partial charge in [-0.2, -0.15) is 0 Å². The zero-order valence-corrected chi connectivity index (χ0v) is 17.1. The molecule has 0 saturated carbocycles. The van der Waals surface area contributed by atoms with Crippen LogP contribution in [0.25, 0.3) is 0 Å². The van der Waals surface area contributed by atoms with Gasteiger partial charge >= 0.3 is 0 Å². The molecule has 5 heteroatoms. The maximum absolute atomic E-state index is 8.56. The third-order valence-corrected chi connectivity index (χ3v) is 5.97. The van der Waals surface area contributed by atoms with Crippen molar-refractivity contribution in [2.45, 2.75) is 64.2 Å². The summed E-state index contributed by atoms with van der Waals surface area (Å²) in [5.74, 6) is 1.92. The van der Waals surface area contributed by atoms with E-state index in [9.17, 15) is 0 Å². The maximum Gasteiger partial charge on any atom is 0.137 e. The van der Waals surface area contributed by atoms with Gasteiger partial charge in [0, 0.05) is 31.4 Å². The Bertz CT molecular complexity index is 586. The molecular formula is C22H37N5. The largest absolute Gasteiger partial charge is 0.373 e. The lowest BCUT2D eigenvalue weighted by Crippen LogP contribution is -2.30. The Hall–Kier alpha value is -1.62. The predicted octanol–water partition coefficient (Wildman–Crippen LogP) is 4.53. The van der Waals surface area contributed by atoms with Gasteiger partial charge < -0.3 is 20.5 Å². The number of piperidine rings is 1. The Labute approximate surface area is 165 Å². The van der Waals surface area contributed by atoms with Gasteiger partial charge in [-0.3, -0.25) is 0 Å². The molecule has 2 aliphatic rings. The summed E-state index contributed by atoms with van der Waals surface area (Å²) in [7, 11) is 1.92. The molecule has 27 heavy (non-hydrogen) atoms. The highest BCUT2D eigenvalue weighted by molar-refractivity contribution is 6.02. The van der Waals surface area contributed by atoms with E-state index in [2.05, 4.69) is 27.2 Å². The van der Waals surface area contributed by atoms with Gasteiger partial charge in [-0.15, -0.1) is 0 Å². The normalized spacial score (nSPS) is 19.4. The number of anilines is 2. The lowest BCUT2D eigenvalue weighted by atomic mass is 10.0. The maximum atomic E-state index is 8.56. The van der Waals surface area contributed by atoms with E-state index in [4.69, 9.17) is 10.4 Å². The highest BCUT2D eigenvalue weighted by Gasteiger charge is 2.15. The molecule has 1 aromatic heterocycles. The van der Waals surface area contributed by atoms with E-state index in [1.54, 1.807) is 0 Å². The molecule has 5 nitrogen and oxygen atoms in total. The Kier molecular flexibility index (Phi) is 7.93. The molecule has 0 unspecified atom stereocenters. The molecule has 2 saturated heterocycles. The van der Waals surface area contributed by atoms with Gasteiger partial charge in [0.05, 0.1) is 0 Å². The number of likely N-dealkylation sites (tertiary alicyclic amines) is 1. The monoisotopic (exact) mass is 371 g/mol. The molecule has 0 spiro atoms. The number of nitrogens with one attached hydrogen (secondary N) is 2. The standard InChI is InChI=1S/C22H37N5/c1-24-22-19(20(23)11-10-16-26-14-6-5-7-15-26)12-13-21(25-22)27-17-8-3-2-4-9-18-27/h12-13,23H,2-11,14-18H2,1H3,(H,24,25). The van der Waals surface area contributed by atoms with Crippen LogP contribution >= 0.6 is 0 Å². The van der Waals surface area contributed by atoms with E-state index >= 15 is 0 Å². The summed E-state index contributed by atoms with van der Waals surface area (Å²) in [5, 5.41) is 11.8. The summed E-state index contributed by atoms with van der Waals surface area (Å²) in [6.45, 7) is 5.80. The Balaban J connectivity index is 1.58. The zero-order chi connectivity index (χ0) is 18.9. The van der Waals surface area contributed by atoms with Crippen molar-refractivity contribution in [1.82, 2.24) is 9.88 Å². The molecule has 0 bridgehead atoms. The molecule has 0 aromatic carbocycles. The third-order valence-electron chi connectivity index (χ3n) is 5.97. The van der Waals surface area contributed by atoms with E-state index in [1.807, 2.05) is 7.05 Å². The summed E-state index contributed by atoms with van der Waals surface area (Å²) >= 11 is 0. The van der Waals surface area contributed by atoms with Crippen molar-refractivity contribution >= 4 is 17.3 Å². The van der Waals surface area contributed by atoms with Crippen molar-refractivity contribution in [2.75, 3.05) is 50.0 Å². The zero-order valence-electron chi connectivity index (χ0n) is 17.1. The van der Waals surface area contributed by atoms with Crippen LogP contribution in [0.2, 0.25) is 0 Å². The second-order valence-corrected chi connectivity index (χ2v) is 8.05. The van der Waals surface area contributed by atoms with Crippen molar-refractivity contribution in [1.29, 1.82) is 5.41 Å². The number of hydrogen-bond donors (Lipinski definition) is 2. The number of aromatic nitrogens is 1. The summed E-state index contributed by atoms with van der Waals surface area (Å²) in [6.07, 6.45) is 12.5. The van der Waals surface area contributed by atoms with Crippen LogP contribution < -0.4 is 10.2 Å². The first-order valence-corrected chi connectivity index (χ1v) is 11.0. The molecule has 2 fully saturated rings. The Morgan fingerprint density at radius 2 is 1.59 bits per heavy atom. The molecule has 0 atom stereocenters. The fourth-order valence-corrected chi connectivity index (χ4v) is 4.33. The van der Waals surface area contributed by atoms with Gasteiger partial charge in [-0.1, -0.05) is 25.7 Å². The van der Waals surface area contributed by atoms with Crippen molar-refractivity contribution in [2.24, 2.45) is 0 Å². The van der Waals surface area contributed by atoms with E-state index in [0.29, 0.717) is 5.71 Å². The van der Waals surface area contributed by atoms with Gasteiger partial charge in [0.1, 0.15) is 11.6 Å². The fourth-order valence-electron chi connectivity index (χ4n) is 4.33. The van der Waals surface area contributed by atoms with Gasteiger partial charge in [-0.25, -0.2) is 4.98 Å². The summed E-state index contributed by atoms with van der Waals surface area (Å²) in [4.78, 5) is 9.84. The number of hydrogen-bond acceptors (Lipinski definition) is 5. The van der Waals surface area contributed by atoms with Crippen molar-refractivity contribution < 1.29 is 0 Å². The topological polar surface area (TPSA) is 55.3 Å². The first-order valence-electron chi connectivity index (χ1n) is 11.0. The minimum Gasteiger partial charge on any atom is -0.373 e. The van der Waals surface area contributed by atoms with E-state index < -0.39 is 0 Å². The number of nitrogens with zero attached hydrogens (tertiary/aromatic N) is 3. The second kappa shape index (κ2) is 10.6. The minimum absolute atomic E-state index is 0.711. The van der Waals surface area contributed by atoms with Gasteiger partial charge in [0.2, 0.25) is 0 Å². The average Bonchev–Trinajstić information content (AvgIpc) is 2.68. The van der Waals surface area contributed by atoms with Crippen LogP contribution in [0, 0.1) is 5.41 Å². The van der Waals surface area contributed by atoms with E-state index in [1.165, 1.54) is 64.5 Å². The molecule has 1 aromatic rings. The van der Waals surface area contributed by atoms with Gasteiger partial charge in [-0.05, 0) is 70.3 Å². The number of pyridine rings is 1. The summed E-state index contributed by atoms with van der Waals surface area (Å²) in [5.41, 5.74) is 1.68. The Morgan fingerprint density at radius 3 is 2.30 bits per heavy atom. The van der Waals surface area contributed by atoms with Crippen LogP contribution in [-0.2, 0) is 0 Å². The molecule has 0 amide bonds. The molecule has 0 radical (unpaired) electrons. The molecule has 3 rings (SSSR count). The van der Waals surface area contributed by atoms with Crippen molar-refractivity contribution in [3.05, 3.63) is 17.7 Å². The first-order chi connectivity index (χ1) is 13.3. The molecular weight excluding hydrogens is 334 g/mol. The number of rotatable bonds is 7. The second-order valence-electron chi connectivity index (χ2n) is 8.05. The third kappa shape index (κ3) is 5.93. The van der Waals surface area contributed by atoms with Gasteiger partial charge in [0.25, 0.3) is 0 Å². The highest BCUT2D eigenvalue weighted by atomic mass is 15.2. The first kappa shape index (κ1) is 20.1. The van der Waals surface area contributed by atoms with Crippen molar-refractivity contribution in [3.63, 3.8) is 0 Å². The SMILES string of the molecule is CNc1nc(N2CCCCCCC2)ccc1C(=N)CCCN1CCCCC1. The highest BCUT2D eigenvalue weighted by Crippen LogP contribution is 2.23. The molecule has 2 N–H and O–H groups in total. The summed E-state index contributed by atoms with van der Waals surface area (Å²) in [6, 6.07) is 4.23. The quantitative estimate of drug-likeness (QED) is 0.692. The Morgan fingerprint density at radius 1 is 0.963 bits per heavy atom. The van der Waals surface area contributed by atoms with Crippen molar-refractivity contribution in [3.8, 4) is 0 Å². The average molecular weight is 372 g/mol. The van der Waals surface area contributed by atoms with Crippen LogP contribution in [0.3, 0.4) is 0 Å². The van der Waals surface area contributed by atoms with Crippen LogP contribution in [0.4, 0.5) is 11.6 Å². The van der Waals surface area contributed by atoms with E-state index in [0.717, 1.165) is 49.7 Å². The lowest BCUT2D eigenvalue weighted by Gasteiger charge is -2.27. The molecule has 2 aliphatic heterocycles. The van der Waals surface area contributed by atoms with E-state index in [-0.39, 0.29) is 0 Å². The smallest absolute Gasteiger partial charge is 0.137 e. The fraction of sp³-hybridized carbons (Fsp3) is 0.727. The molecule has 150 valence electrons. The lowest BCUT2D eigenvalue weighted by molar-refractivity contribution is 0.227. The molecule has 0 aliphatic carbocycles. The van der Waals surface area contributed by atoms with Gasteiger partial charge in [0.15, 0.2) is 0 Å². The summed E-state index contributed by atoms with van der Waals surface area (Å²) < 4.78 is 0.